The highest BCUT2D eigenvalue weighted by atomic mass is 32.1. The molecule has 2 heterocycles. The lowest BCUT2D eigenvalue weighted by atomic mass is 9.92. The molecular formula is C15H18F2N4OS. The van der Waals surface area contributed by atoms with Crippen LogP contribution in [0.1, 0.15) is 37.1 Å². The predicted molar refractivity (Wildman–Crippen MR) is 84.6 cm³/mol. The Kier molecular flexibility index (Phi) is 4.54. The van der Waals surface area contributed by atoms with E-state index in [4.69, 9.17) is 5.11 Å². The highest BCUT2D eigenvalue weighted by molar-refractivity contribution is 7.13. The molecule has 0 radical (unpaired) electrons. The number of aliphatic hydroxyl groups is 1. The summed E-state index contributed by atoms with van der Waals surface area (Å²) in [4.78, 5) is 13.1. The number of aromatic nitrogens is 3. The van der Waals surface area contributed by atoms with Crippen LogP contribution in [-0.2, 0) is 6.61 Å². The summed E-state index contributed by atoms with van der Waals surface area (Å²) >= 11 is 1.37. The average molecular weight is 340 g/mol. The molecule has 0 bridgehead atoms. The van der Waals surface area contributed by atoms with E-state index in [1.807, 2.05) is 6.92 Å². The molecule has 0 saturated heterocycles. The Balaban J connectivity index is 1.75. The van der Waals surface area contributed by atoms with Crippen LogP contribution in [0.3, 0.4) is 0 Å². The summed E-state index contributed by atoms with van der Waals surface area (Å²) in [5.74, 6) is -1.42. The number of aliphatic hydroxyl groups excluding tert-OH is 1. The van der Waals surface area contributed by atoms with Crippen molar-refractivity contribution in [2.24, 2.45) is 0 Å². The van der Waals surface area contributed by atoms with E-state index in [-0.39, 0.29) is 25.5 Å². The van der Waals surface area contributed by atoms with Gasteiger partial charge in [-0.05, 0) is 19.8 Å². The van der Waals surface area contributed by atoms with Crippen LogP contribution >= 0.6 is 11.3 Å². The molecule has 2 aromatic rings. The molecule has 0 aromatic carbocycles. The SMILES string of the molecule is Cc1cc(NC2CCC(F)(F)CC2)nc(-c2nc(CO)cs2)n1. The maximum absolute atomic E-state index is 13.2. The van der Waals surface area contributed by atoms with E-state index in [0.29, 0.717) is 35.2 Å². The molecule has 3 rings (SSSR count). The number of hydrogen-bond acceptors (Lipinski definition) is 6. The number of thiazole rings is 1. The van der Waals surface area contributed by atoms with E-state index >= 15 is 0 Å². The van der Waals surface area contributed by atoms with Crippen LogP contribution in [0.15, 0.2) is 11.4 Å². The first kappa shape index (κ1) is 16.2. The van der Waals surface area contributed by atoms with Crippen molar-refractivity contribution < 1.29 is 13.9 Å². The molecule has 124 valence electrons. The molecule has 23 heavy (non-hydrogen) atoms. The second-order valence-electron chi connectivity index (χ2n) is 5.79. The Morgan fingerprint density at radius 2 is 2.04 bits per heavy atom. The monoisotopic (exact) mass is 340 g/mol. The second kappa shape index (κ2) is 6.45. The Labute approximate surface area is 136 Å². The van der Waals surface area contributed by atoms with Gasteiger partial charge in [0.15, 0.2) is 10.8 Å². The summed E-state index contributed by atoms with van der Waals surface area (Å²) in [7, 11) is 0. The van der Waals surface area contributed by atoms with Gasteiger partial charge in [0.1, 0.15) is 5.82 Å². The summed E-state index contributed by atoms with van der Waals surface area (Å²) < 4.78 is 26.4. The minimum Gasteiger partial charge on any atom is -0.390 e. The van der Waals surface area contributed by atoms with Gasteiger partial charge in [0.25, 0.3) is 0 Å². The molecule has 1 aliphatic rings. The van der Waals surface area contributed by atoms with Gasteiger partial charge in [0.2, 0.25) is 5.92 Å². The first-order valence-corrected chi connectivity index (χ1v) is 8.39. The van der Waals surface area contributed by atoms with Crippen LogP contribution in [0.25, 0.3) is 10.8 Å². The fraction of sp³-hybridized carbons (Fsp3) is 0.533. The van der Waals surface area contributed by atoms with E-state index in [1.165, 1.54) is 11.3 Å². The van der Waals surface area contributed by atoms with Crippen molar-refractivity contribution in [2.75, 3.05) is 5.32 Å². The lowest BCUT2D eigenvalue weighted by Crippen LogP contribution is -2.32. The summed E-state index contributed by atoms with van der Waals surface area (Å²) in [6.07, 6.45) is 0.677. The third-order valence-electron chi connectivity index (χ3n) is 3.83. The molecule has 1 aliphatic carbocycles. The van der Waals surface area contributed by atoms with E-state index in [9.17, 15) is 8.78 Å². The van der Waals surface area contributed by atoms with Crippen molar-refractivity contribution in [1.82, 2.24) is 15.0 Å². The zero-order valence-corrected chi connectivity index (χ0v) is 13.5. The molecule has 0 atom stereocenters. The Morgan fingerprint density at radius 3 is 2.70 bits per heavy atom. The molecule has 8 heteroatoms. The average Bonchev–Trinajstić information content (AvgIpc) is 2.98. The highest BCUT2D eigenvalue weighted by Crippen LogP contribution is 2.34. The van der Waals surface area contributed by atoms with Gasteiger partial charge in [-0.3, -0.25) is 0 Å². The van der Waals surface area contributed by atoms with Gasteiger partial charge < -0.3 is 10.4 Å². The van der Waals surface area contributed by atoms with Crippen molar-refractivity contribution in [3.63, 3.8) is 0 Å². The third-order valence-corrected chi connectivity index (χ3v) is 4.72. The lowest BCUT2D eigenvalue weighted by molar-refractivity contribution is -0.0361. The van der Waals surface area contributed by atoms with Gasteiger partial charge >= 0.3 is 0 Å². The molecule has 0 unspecified atom stereocenters. The highest BCUT2D eigenvalue weighted by Gasteiger charge is 2.34. The molecule has 1 saturated carbocycles. The first-order chi connectivity index (χ1) is 10.9. The number of nitrogens with one attached hydrogen (secondary N) is 1. The predicted octanol–water partition coefficient (Wildman–Crippen LogP) is 3.39. The van der Waals surface area contributed by atoms with Gasteiger partial charge in [-0.1, -0.05) is 0 Å². The lowest BCUT2D eigenvalue weighted by Gasteiger charge is -2.29. The number of halogens is 2. The first-order valence-electron chi connectivity index (χ1n) is 7.51. The summed E-state index contributed by atoms with van der Waals surface area (Å²) in [5.41, 5.74) is 1.36. The van der Waals surface area contributed by atoms with Crippen molar-refractivity contribution in [1.29, 1.82) is 0 Å². The summed E-state index contributed by atoms with van der Waals surface area (Å²) in [6, 6.07) is 1.80. The number of aryl methyl sites for hydroxylation is 1. The number of nitrogens with zero attached hydrogens (tertiary/aromatic N) is 3. The zero-order chi connectivity index (χ0) is 16.4. The topological polar surface area (TPSA) is 70.9 Å². The molecule has 1 fully saturated rings. The normalized spacial score (nSPS) is 18.1. The zero-order valence-electron chi connectivity index (χ0n) is 12.7. The Bertz CT molecular complexity index is 682. The summed E-state index contributed by atoms with van der Waals surface area (Å²) in [6.45, 7) is 1.73. The smallest absolute Gasteiger partial charge is 0.248 e. The Hall–Kier alpha value is -1.67. The fourth-order valence-corrected chi connectivity index (χ4v) is 3.36. The van der Waals surface area contributed by atoms with Gasteiger partial charge in [-0.25, -0.2) is 23.7 Å². The van der Waals surface area contributed by atoms with Crippen LogP contribution in [0.2, 0.25) is 0 Å². The molecule has 0 amide bonds. The van der Waals surface area contributed by atoms with Gasteiger partial charge in [-0.2, -0.15) is 0 Å². The van der Waals surface area contributed by atoms with Crippen LogP contribution in [-0.4, -0.2) is 32.0 Å². The number of hydrogen-bond donors (Lipinski definition) is 2. The maximum Gasteiger partial charge on any atom is 0.248 e. The second-order valence-corrected chi connectivity index (χ2v) is 6.65. The van der Waals surface area contributed by atoms with Gasteiger partial charge in [-0.15, -0.1) is 11.3 Å². The molecule has 2 aromatic heterocycles. The molecule has 0 aliphatic heterocycles. The standard InChI is InChI=1S/C15H18F2N4OS/c1-9-6-12(19-10-2-4-15(16,17)5-3-10)21-13(18-9)14-20-11(7-22)8-23-14/h6,8,10,22H,2-5,7H2,1H3,(H,18,19,21). The number of alkyl halides is 2. The van der Waals surface area contributed by atoms with Crippen molar-refractivity contribution in [2.45, 2.75) is 51.2 Å². The minimum absolute atomic E-state index is 0.000993. The maximum atomic E-state index is 13.2. The van der Waals surface area contributed by atoms with Crippen molar-refractivity contribution in [3.05, 3.63) is 22.8 Å². The fourth-order valence-electron chi connectivity index (χ4n) is 2.61. The summed E-state index contributed by atoms with van der Waals surface area (Å²) in [5, 5.41) is 14.7. The van der Waals surface area contributed by atoms with Crippen LogP contribution in [0, 0.1) is 6.92 Å². The molecular weight excluding hydrogens is 322 g/mol. The molecule has 0 spiro atoms. The number of rotatable bonds is 4. The van der Waals surface area contributed by atoms with E-state index in [1.54, 1.807) is 11.4 Å². The molecule has 5 nitrogen and oxygen atoms in total. The van der Waals surface area contributed by atoms with Crippen LogP contribution in [0.5, 0.6) is 0 Å². The van der Waals surface area contributed by atoms with Gasteiger partial charge in [0, 0.05) is 36.0 Å². The van der Waals surface area contributed by atoms with Crippen LogP contribution < -0.4 is 5.32 Å². The van der Waals surface area contributed by atoms with E-state index in [2.05, 4.69) is 20.3 Å². The van der Waals surface area contributed by atoms with Crippen molar-refractivity contribution in [3.8, 4) is 10.8 Å². The van der Waals surface area contributed by atoms with E-state index < -0.39 is 5.92 Å². The quantitative estimate of drug-likeness (QED) is 0.893. The third kappa shape index (κ3) is 4.00. The van der Waals surface area contributed by atoms with Gasteiger partial charge in [0.05, 0.1) is 12.3 Å². The Morgan fingerprint density at radius 1 is 1.30 bits per heavy atom. The largest absolute Gasteiger partial charge is 0.390 e. The number of anilines is 1. The minimum atomic E-state index is -2.54. The van der Waals surface area contributed by atoms with E-state index in [0.717, 1.165) is 5.69 Å². The van der Waals surface area contributed by atoms with Crippen LogP contribution in [0.4, 0.5) is 14.6 Å². The molecule has 2 N–H and O–H groups in total. The van der Waals surface area contributed by atoms with Crippen molar-refractivity contribution >= 4 is 17.2 Å².